The topological polar surface area (TPSA) is 42.2 Å². The van der Waals surface area contributed by atoms with Crippen LogP contribution in [-0.4, -0.2) is 28.0 Å². The van der Waals surface area contributed by atoms with Crippen LogP contribution in [0, 0.1) is 0 Å². The largest absolute Gasteiger partial charge is 0.507 e. The molecule has 148 valence electrons. The summed E-state index contributed by atoms with van der Waals surface area (Å²) in [4.78, 5) is 14.5. The lowest BCUT2D eigenvalue weighted by Crippen LogP contribution is -2.19. The van der Waals surface area contributed by atoms with Crippen molar-refractivity contribution in [3.8, 4) is 5.75 Å². The Morgan fingerprint density at radius 1 is 0.963 bits per heavy atom. The van der Waals surface area contributed by atoms with Crippen molar-refractivity contribution in [3.05, 3.63) is 40.6 Å². The fourth-order valence-electron chi connectivity index (χ4n) is 3.25. The summed E-state index contributed by atoms with van der Waals surface area (Å²) in [5.74, 6) is 0.306. The number of ketones is 1. The van der Waals surface area contributed by atoms with Crippen LogP contribution in [-0.2, 0) is 17.9 Å². The van der Waals surface area contributed by atoms with Crippen molar-refractivity contribution in [2.75, 3.05) is 12.5 Å². The van der Waals surface area contributed by atoms with E-state index in [4.69, 9.17) is 0 Å². The predicted octanol–water partition coefficient (Wildman–Crippen LogP) is 6.00. The van der Waals surface area contributed by atoms with Crippen LogP contribution in [0.1, 0.15) is 68.6 Å². The number of carbonyl (C=O) groups excluding carboxylic acids is 1. The minimum Gasteiger partial charge on any atom is -0.507 e. The summed E-state index contributed by atoms with van der Waals surface area (Å²) in [5, 5.41) is 12.0. The van der Waals surface area contributed by atoms with Gasteiger partial charge in [-0.15, -0.1) is 23.5 Å². The first-order valence-electron chi connectivity index (χ1n) is 9.02. The van der Waals surface area contributed by atoms with Gasteiger partial charge in [0.1, 0.15) is 5.75 Å². The first kappa shape index (κ1) is 22.0. The average Bonchev–Trinajstić information content (AvgIpc) is 2.87. The molecule has 0 fully saturated rings. The van der Waals surface area contributed by atoms with Gasteiger partial charge < -0.3 is 9.67 Å². The number of carbonyl (C=O) groups is 1. The fraction of sp³-hybridized carbons (Fsp3) is 0.500. The lowest BCUT2D eigenvalue weighted by Gasteiger charge is -2.28. The van der Waals surface area contributed by atoms with Crippen LogP contribution in [0.25, 0.3) is 0 Å². The van der Waals surface area contributed by atoms with E-state index < -0.39 is 0 Å². The number of rotatable bonds is 4. The molecule has 0 saturated carbocycles. The molecule has 1 aromatic heterocycles. The number of hydrogen-bond acceptors (Lipinski definition) is 4. The molecular weight excluding hydrogens is 374 g/mol. The standard InChI is InChI=1S/C22H31NO2S2/c1-21(2,3)15-10-13(11-16(18(15)25)22(4,5)6)17(24)14-12-23(7)20(27-9)19(14)26-8/h10-12,25H,1-9H3. The van der Waals surface area contributed by atoms with E-state index in [1.165, 1.54) is 0 Å². The minimum absolute atomic E-state index is 0.00579. The van der Waals surface area contributed by atoms with Gasteiger partial charge in [0, 0.05) is 29.9 Å². The summed E-state index contributed by atoms with van der Waals surface area (Å²) in [6.45, 7) is 12.4. The first-order valence-corrected chi connectivity index (χ1v) is 11.5. The van der Waals surface area contributed by atoms with Crippen molar-refractivity contribution in [3.63, 3.8) is 0 Å². The fourth-order valence-corrected chi connectivity index (χ4v) is 5.07. The normalized spacial score (nSPS) is 12.5. The molecule has 1 aromatic carbocycles. The van der Waals surface area contributed by atoms with E-state index in [2.05, 4.69) is 41.5 Å². The molecule has 5 heteroatoms. The molecule has 0 aliphatic heterocycles. The second kappa shape index (κ2) is 7.59. The van der Waals surface area contributed by atoms with E-state index in [0.29, 0.717) is 11.3 Å². The van der Waals surface area contributed by atoms with Gasteiger partial charge in [-0.05, 0) is 35.5 Å². The molecule has 0 atom stereocenters. The summed E-state index contributed by atoms with van der Waals surface area (Å²) in [5.41, 5.74) is 2.46. The van der Waals surface area contributed by atoms with Gasteiger partial charge in [-0.1, -0.05) is 41.5 Å². The highest BCUT2D eigenvalue weighted by molar-refractivity contribution is 8.01. The van der Waals surface area contributed by atoms with Crippen LogP contribution in [0.5, 0.6) is 5.75 Å². The molecule has 2 aromatic rings. The number of aromatic nitrogens is 1. The molecule has 0 aliphatic carbocycles. The van der Waals surface area contributed by atoms with Crippen molar-refractivity contribution in [1.29, 1.82) is 0 Å². The van der Waals surface area contributed by atoms with Crippen molar-refractivity contribution in [2.24, 2.45) is 7.05 Å². The summed E-state index contributed by atoms with van der Waals surface area (Å²) in [6.07, 6.45) is 5.95. The van der Waals surface area contributed by atoms with Crippen molar-refractivity contribution < 1.29 is 9.90 Å². The van der Waals surface area contributed by atoms with E-state index in [1.54, 1.807) is 23.5 Å². The van der Waals surface area contributed by atoms with Gasteiger partial charge >= 0.3 is 0 Å². The molecule has 0 radical (unpaired) electrons. The summed E-state index contributed by atoms with van der Waals surface area (Å²) in [6, 6.07) is 3.73. The summed E-state index contributed by atoms with van der Waals surface area (Å²) >= 11 is 3.25. The number of benzene rings is 1. The molecule has 0 spiro atoms. The van der Waals surface area contributed by atoms with E-state index >= 15 is 0 Å². The lowest BCUT2D eigenvalue weighted by atomic mass is 9.78. The van der Waals surface area contributed by atoms with Gasteiger partial charge in [0.2, 0.25) is 0 Å². The smallest absolute Gasteiger partial charge is 0.195 e. The van der Waals surface area contributed by atoms with Gasteiger partial charge in [0.15, 0.2) is 5.78 Å². The Morgan fingerprint density at radius 3 is 1.81 bits per heavy atom. The van der Waals surface area contributed by atoms with Gasteiger partial charge in [0.05, 0.1) is 15.5 Å². The van der Waals surface area contributed by atoms with Crippen LogP contribution in [0.3, 0.4) is 0 Å². The van der Waals surface area contributed by atoms with Crippen molar-refractivity contribution in [1.82, 2.24) is 4.57 Å². The lowest BCUT2D eigenvalue weighted by molar-refractivity contribution is 0.103. The molecule has 1 N–H and O–H groups in total. The first-order chi connectivity index (χ1) is 12.3. The van der Waals surface area contributed by atoms with E-state index in [9.17, 15) is 9.90 Å². The Morgan fingerprint density at radius 2 is 1.44 bits per heavy atom. The van der Waals surface area contributed by atoms with Crippen LogP contribution in [0.2, 0.25) is 0 Å². The highest BCUT2D eigenvalue weighted by Crippen LogP contribution is 2.41. The van der Waals surface area contributed by atoms with Crippen molar-refractivity contribution >= 4 is 29.3 Å². The van der Waals surface area contributed by atoms with E-state index in [0.717, 1.165) is 26.6 Å². The molecule has 0 unspecified atom stereocenters. The number of thioether (sulfide) groups is 2. The monoisotopic (exact) mass is 405 g/mol. The molecule has 0 amide bonds. The molecule has 0 saturated heterocycles. The second-order valence-corrected chi connectivity index (χ2v) is 10.6. The van der Waals surface area contributed by atoms with Crippen LogP contribution in [0.4, 0.5) is 0 Å². The highest BCUT2D eigenvalue weighted by atomic mass is 32.2. The molecule has 0 bridgehead atoms. The number of phenols is 1. The third-order valence-electron chi connectivity index (χ3n) is 4.71. The number of hydrogen-bond donors (Lipinski definition) is 1. The zero-order valence-electron chi connectivity index (χ0n) is 17.9. The molecule has 3 nitrogen and oxygen atoms in total. The number of aromatic hydroxyl groups is 1. The van der Waals surface area contributed by atoms with E-state index in [1.807, 2.05) is 42.5 Å². The molecule has 27 heavy (non-hydrogen) atoms. The predicted molar refractivity (Wildman–Crippen MR) is 118 cm³/mol. The molecule has 2 rings (SSSR count). The van der Waals surface area contributed by atoms with Crippen LogP contribution in [0.15, 0.2) is 28.3 Å². The zero-order chi connectivity index (χ0) is 20.7. The van der Waals surface area contributed by atoms with E-state index in [-0.39, 0.29) is 16.6 Å². The van der Waals surface area contributed by atoms with Gasteiger partial charge in [-0.2, -0.15) is 0 Å². The SMILES string of the molecule is CSc1c(C(=O)c2cc(C(C)(C)C)c(O)c(C(C)(C)C)c2)cn(C)c1SC. The third-order valence-corrected chi connectivity index (χ3v) is 6.54. The Labute approximate surface area is 171 Å². The zero-order valence-corrected chi connectivity index (χ0v) is 19.5. The highest BCUT2D eigenvalue weighted by Gasteiger charge is 2.29. The number of aryl methyl sites for hydroxylation is 1. The Balaban J connectivity index is 2.74. The van der Waals surface area contributed by atoms with Crippen molar-refractivity contribution in [2.45, 2.75) is 62.3 Å². The Kier molecular flexibility index (Phi) is 6.18. The maximum Gasteiger partial charge on any atom is 0.195 e. The van der Waals surface area contributed by atoms with Gasteiger partial charge in [0.25, 0.3) is 0 Å². The Hall–Kier alpha value is -1.33. The number of phenolic OH excluding ortho intramolecular Hbond substituents is 1. The molecule has 1 heterocycles. The van der Waals surface area contributed by atoms with Crippen LogP contribution < -0.4 is 0 Å². The molecule has 0 aliphatic rings. The van der Waals surface area contributed by atoms with Crippen LogP contribution >= 0.6 is 23.5 Å². The quantitative estimate of drug-likeness (QED) is 0.500. The maximum absolute atomic E-state index is 13.5. The minimum atomic E-state index is -0.260. The Bertz CT molecular complexity index is 833. The van der Waals surface area contributed by atoms with Gasteiger partial charge in [-0.3, -0.25) is 4.79 Å². The summed E-state index contributed by atoms with van der Waals surface area (Å²) in [7, 11) is 1.97. The second-order valence-electron chi connectivity index (χ2n) is 8.95. The van der Waals surface area contributed by atoms with Gasteiger partial charge in [-0.25, -0.2) is 0 Å². The average molecular weight is 406 g/mol. The summed E-state index contributed by atoms with van der Waals surface area (Å²) < 4.78 is 2.01. The molecular formula is C22H31NO2S2. The maximum atomic E-state index is 13.5. The third kappa shape index (κ3) is 4.24. The number of nitrogens with zero attached hydrogens (tertiary/aromatic N) is 1.